The number of rotatable bonds is 78. The van der Waals surface area contributed by atoms with Crippen molar-refractivity contribution in [1.29, 1.82) is 0 Å². The highest BCUT2D eigenvalue weighted by Crippen LogP contribution is 2.43. The normalized spacial score (nSPS) is 13.9. The zero-order chi connectivity index (χ0) is 75.4. The minimum Gasteiger partial charge on any atom is -0.462 e. The summed E-state index contributed by atoms with van der Waals surface area (Å²) in [5, 5.41) is 0. The average molecular weight is 1460 g/mol. The van der Waals surface area contributed by atoms with Crippen molar-refractivity contribution in [1.82, 2.24) is 0 Å². The SMILES string of the molecule is CC/C=C\C/C=C\C/C=C\C/C=C\C/C=C\C/C=C\C/C=C\C/C=C\C/C=C\C/C=C\C/C=C\C/C=C\CCCCC(=O)OC(COC(=O)CCCCCCCCCCCCCCCCCCCCCCCCCCCCCCC/C=C\C/C=C\CCCCCCC)COP(=O)(O)OCC[N+](C)(C)C. The molecule has 0 saturated heterocycles. The highest BCUT2D eigenvalue weighted by molar-refractivity contribution is 7.47. The molecule has 0 aromatic carbocycles. The van der Waals surface area contributed by atoms with Gasteiger partial charge in [0.05, 0.1) is 27.7 Å². The third kappa shape index (κ3) is 86.3. The number of allylic oxidation sites excluding steroid dienone is 28. The molecule has 104 heavy (non-hydrogen) atoms. The lowest BCUT2D eigenvalue weighted by molar-refractivity contribution is -0.870. The number of phosphoric acid groups is 1. The second-order valence-corrected chi connectivity index (χ2v) is 30.9. The maximum atomic E-state index is 12.9. The van der Waals surface area contributed by atoms with Gasteiger partial charge in [0.15, 0.2) is 6.10 Å². The predicted octanol–water partition coefficient (Wildman–Crippen LogP) is 29.2. The van der Waals surface area contributed by atoms with Gasteiger partial charge in [0.25, 0.3) is 0 Å². The summed E-state index contributed by atoms with van der Waals surface area (Å²) in [6.45, 7) is 4.28. The van der Waals surface area contributed by atoms with Crippen LogP contribution >= 0.6 is 7.82 Å². The molecule has 0 aliphatic rings. The number of ether oxygens (including phenoxy) is 2. The van der Waals surface area contributed by atoms with E-state index in [1.54, 1.807) is 0 Å². The quantitative estimate of drug-likeness (QED) is 0.0211. The van der Waals surface area contributed by atoms with Crippen molar-refractivity contribution in [3.05, 3.63) is 170 Å². The summed E-state index contributed by atoms with van der Waals surface area (Å²) in [6, 6.07) is 0. The lowest BCUT2D eigenvalue weighted by Gasteiger charge is -2.24. The summed E-state index contributed by atoms with van der Waals surface area (Å²) >= 11 is 0. The standard InChI is InChI=1S/C94H160NO8P/c1-6-8-10-12-14-16-18-20-22-24-26-28-30-32-34-36-38-40-42-44-46-47-49-50-52-54-56-58-60-62-64-66-68-70-72-74-76-78-80-82-84-86-93(96)100-90-92(91-102-104(98,99)101-89-88-95(3,4)5)103-94(97)87-85-83-81-79-77-75-73-71-69-67-65-63-61-59-57-55-53-51-48-45-43-41-39-37-35-33-31-29-27-25-23-21-19-17-15-13-11-9-7-2/h9,11,15,17-18,20-21,23-24,26-27,29,33,35,39,41,45,48,53,55,59,61,65,67,71,73,77,79,92H,6-8,10,12-14,16,19,22,25,28,30-32,34,36-38,40,42-44,46-47,49-52,54,56-58,60,62-64,66,68-70,72,74-76,78,80-91H2,1-5H3/p+1/b11-9-,17-15-,20-18-,23-21-,26-24-,29-27-,35-33-,41-39-,48-45-,55-53-,61-59-,67-65-,73-71-,79-77-. The van der Waals surface area contributed by atoms with Gasteiger partial charge in [0.1, 0.15) is 19.8 Å². The van der Waals surface area contributed by atoms with Gasteiger partial charge < -0.3 is 18.9 Å². The molecular weight excluding hydrogens is 1300 g/mol. The summed E-state index contributed by atoms with van der Waals surface area (Å²) in [5.41, 5.74) is 0. The van der Waals surface area contributed by atoms with Crippen LogP contribution in [0.3, 0.4) is 0 Å². The maximum Gasteiger partial charge on any atom is 0.472 e. The number of esters is 2. The highest BCUT2D eigenvalue weighted by atomic mass is 31.2. The van der Waals surface area contributed by atoms with Gasteiger partial charge in [-0.1, -0.05) is 383 Å². The van der Waals surface area contributed by atoms with E-state index in [1.807, 2.05) is 21.1 Å². The van der Waals surface area contributed by atoms with E-state index in [0.717, 1.165) is 116 Å². The number of hydrogen-bond donors (Lipinski definition) is 1. The minimum absolute atomic E-state index is 0.0162. The Balaban J connectivity index is 4.03. The van der Waals surface area contributed by atoms with Crippen molar-refractivity contribution in [2.24, 2.45) is 0 Å². The topological polar surface area (TPSA) is 108 Å². The van der Waals surface area contributed by atoms with Crippen LogP contribution in [-0.4, -0.2) is 74.9 Å². The third-order valence-electron chi connectivity index (χ3n) is 18.2. The van der Waals surface area contributed by atoms with E-state index >= 15 is 0 Å². The first-order valence-electron chi connectivity index (χ1n) is 42.9. The van der Waals surface area contributed by atoms with Crippen molar-refractivity contribution >= 4 is 19.8 Å². The number of quaternary nitrogens is 1. The van der Waals surface area contributed by atoms with Gasteiger partial charge in [-0.3, -0.25) is 18.6 Å². The molecule has 2 atom stereocenters. The molecule has 0 heterocycles. The maximum absolute atomic E-state index is 12.9. The Morgan fingerprint density at radius 1 is 0.308 bits per heavy atom. The summed E-state index contributed by atoms with van der Waals surface area (Å²) in [4.78, 5) is 36.0. The van der Waals surface area contributed by atoms with Crippen molar-refractivity contribution in [2.45, 2.75) is 367 Å². The predicted molar refractivity (Wildman–Crippen MR) is 454 cm³/mol. The summed E-state index contributed by atoms with van der Waals surface area (Å²) in [7, 11) is 1.44. The van der Waals surface area contributed by atoms with Crippen LogP contribution in [0.4, 0.5) is 0 Å². The van der Waals surface area contributed by atoms with E-state index in [4.69, 9.17) is 18.5 Å². The van der Waals surface area contributed by atoms with Crippen LogP contribution in [0, 0.1) is 0 Å². The largest absolute Gasteiger partial charge is 0.472 e. The monoisotopic (exact) mass is 1460 g/mol. The molecule has 0 aromatic rings. The molecule has 9 nitrogen and oxygen atoms in total. The van der Waals surface area contributed by atoms with Crippen LogP contribution in [0.2, 0.25) is 0 Å². The molecule has 594 valence electrons. The van der Waals surface area contributed by atoms with Crippen LogP contribution in [0.1, 0.15) is 361 Å². The lowest BCUT2D eigenvalue weighted by atomic mass is 10.0. The molecule has 0 radical (unpaired) electrons. The minimum atomic E-state index is -4.42. The van der Waals surface area contributed by atoms with E-state index in [1.165, 1.54) is 212 Å². The van der Waals surface area contributed by atoms with Crippen LogP contribution in [0.15, 0.2) is 170 Å². The van der Waals surface area contributed by atoms with Crippen molar-refractivity contribution in [2.75, 3.05) is 47.5 Å². The molecule has 0 spiro atoms. The summed E-state index contributed by atoms with van der Waals surface area (Å²) in [6.07, 6.45) is 125. The van der Waals surface area contributed by atoms with E-state index in [9.17, 15) is 19.0 Å². The second-order valence-electron chi connectivity index (χ2n) is 29.5. The molecule has 1 N–H and O–H groups in total. The Kier molecular flexibility index (Phi) is 78.8. The molecule has 0 saturated carbocycles. The molecule has 2 unspecified atom stereocenters. The molecule has 0 aromatic heterocycles. The first-order valence-corrected chi connectivity index (χ1v) is 44.4. The first kappa shape index (κ1) is 99.4. The Bertz CT molecular complexity index is 2370. The number of hydrogen-bond acceptors (Lipinski definition) is 7. The van der Waals surface area contributed by atoms with E-state index in [2.05, 4.69) is 184 Å². The lowest BCUT2D eigenvalue weighted by Crippen LogP contribution is -2.37. The van der Waals surface area contributed by atoms with Crippen molar-refractivity contribution in [3.63, 3.8) is 0 Å². The highest BCUT2D eigenvalue weighted by Gasteiger charge is 2.27. The van der Waals surface area contributed by atoms with Gasteiger partial charge in [-0.25, -0.2) is 4.57 Å². The molecule has 0 aliphatic heterocycles. The molecule has 0 rings (SSSR count). The number of phosphoric ester groups is 1. The van der Waals surface area contributed by atoms with Crippen LogP contribution in [-0.2, 0) is 32.7 Å². The Hall–Kier alpha value is -4.63. The van der Waals surface area contributed by atoms with Gasteiger partial charge in [0.2, 0.25) is 0 Å². The van der Waals surface area contributed by atoms with E-state index in [-0.39, 0.29) is 32.0 Å². The molecular formula is C94H161NO8P+. The number of unbranched alkanes of at least 4 members (excludes halogenated alkanes) is 36. The number of nitrogens with zero attached hydrogens (tertiary/aromatic N) is 1. The fourth-order valence-electron chi connectivity index (χ4n) is 11.7. The Morgan fingerprint density at radius 2 is 0.548 bits per heavy atom. The zero-order valence-electron chi connectivity index (χ0n) is 68.0. The molecule has 10 heteroatoms. The van der Waals surface area contributed by atoms with Crippen molar-refractivity contribution in [3.8, 4) is 0 Å². The van der Waals surface area contributed by atoms with Gasteiger partial charge >= 0.3 is 19.8 Å². The fraction of sp³-hybridized carbons (Fsp3) is 0.681. The van der Waals surface area contributed by atoms with Gasteiger partial charge in [0, 0.05) is 12.8 Å². The second kappa shape index (κ2) is 82.4. The molecule has 0 aliphatic carbocycles. The first-order chi connectivity index (χ1) is 51.0. The number of carbonyl (C=O) groups excluding carboxylic acids is 2. The Labute approximate surface area is 642 Å². The molecule has 0 fully saturated rings. The third-order valence-corrected chi connectivity index (χ3v) is 19.2. The summed E-state index contributed by atoms with van der Waals surface area (Å²) in [5.74, 6) is -0.847. The summed E-state index contributed by atoms with van der Waals surface area (Å²) < 4.78 is 34.8. The molecule has 0 amide bonds. The number of likely N-dealkylation sites (N-methyl/N-ethyl adjacent to an activating group) is 1. The van der Waals surface area contributed by atoms with E-state index < -0.39 is 26.5 Å². The average Bonchev–Trinajstić information content (AvgIpc) is 0.915. The van der Waals surface area contributed by atoms with Crippen LogP contribution < -0.4 is 0 Å². The van der Waals surface area contributed by atoms with Crippen LogP contribution in [0.5, 0.6) is 0 Å². The zero-order valence-corrected chi connectivity index (χ0v) is 68.8. The smallest absolute Gasteiger partial charge is 0.462 e. The molecule has 0 bridgehead atoms. The Morgan fingerprint density at radius 3 is 0.837 bits per heavy atom. The number of carbonyl (C=O) groups is 2. The van der Waals surface area contributed by atoms with Gasteiger partial charge in [-0.05, 0) is 135 Å². The van der Waals surface area contributed by atoms with Crippen molar-refractivity contribution < 1.29 is 42.1 Å². The van der Waals surface area contributed by atoms with Crippen LogP contribution in [0.25, 0.3) is 0 Å². The van der Waals surface area contributed by atoms with Gasteiger partial charge in [-0.15, -0.1) is 0 Å². The fourth-order valence-corrected chi connectivity index (χ4v) is 12.5. The van der Waals surface area contributed by atoms with E-state index in [0.29, 0.717) is 17.4 Å². The van der Waals surface area contributed by atoms with Gasteiger partial charge in [-0.2, -0.15) is 0 Å².